The van der Waals surface area contributed by atoms with E-state index in [9.17, 15) is 14.0 Å². The van der Waals surface area contributed by atoms with Gasteiger partial charge < -0.3 is 10.1 Å². The van der Waals surface area contributed by atoms with Gasteiger partial charge in [0.1, 0.15) is 5.54 Å². The molecule has 2 aromatic carbocycles. The van der Waals surface area contributed by atoms with Crippen LogP contribution in [-0.4, -0.2) is 23.9 Å². The SMILES string of the molecule is CC[C@]1(c2ccccc2)NC(=O)N(Cc2ccc(OC)c(F)c2)C1=O. The normalized spacial score (nSPS) is 19.9. The minimum absolute atomic E-state index is 0.000163. The number of carbonyl (C=O) groups is 2. The van der Waals surface area contributed by atoms with Crippen molar-refractivity contribution >= 4 is 11.9 Å². The van der Waals surface area contributed by atoms with Crippen LogP contribution in [0.2, 0.25) is 0 Å². The van der Waals surface area contributed by atoms with Gasteiger partial charge in [-0.15, -0.1) is 0 Å². The van der Waals surface area contributed by atoms with Crippen molar-refractivity contribution in [1.82, 2.24) is 10.2 Å². The zero-order valence-corrected chi connectivity index (χ0v) is 14.1. The molecule has 1 aliphatic heterocycles. The lowest BCUT2D eigenvalue weighted by Gasteiger charge is -2.25. The van der Waals surface area contributed by atoms with Gasteiger partial charge in [0.25, 0.3) is 5.91 Å². The molecule has 0 saturated carbocycles. The van der Waals surface area contributed by atoms with Crippen LogP contribution >= 0.6 is 0 Å². The molecule has 0 radical (unpaired) electrons. The van der Waals surface area contributed by atoms with Crippen molar-refractivity contribution in [3.8, 4) is 5.75 Å². The van der Waals surface area contributed by atoms with Crippen LogP contribution in [0.5, 0.6) is 5.75 Å². The number of halogens is 1. The van der Waals surface area contributed by atoms with Gasteiger partial charge in [0.2, 0.25) is 0 Å². The number of imide groups is 1. The highest BCUT2D eigenvalue weighted by atomic mass is 19.1. The summed E-state index contributed by atoms with van der Waals surface area (Å²) in [6.07, 6.45) is 0.426. The molecular weight excluding hydrogens is 323 g/mol. The predicted octanol–water partition coefficient (Wildman–Crippen LogP) is 3.19. The first-order valence-electron chi connectivity index (χ1n) is 8.04. The van der Waals surface area contributed by atoms with Gasteiger partial charge in [0.15, 0.2) is 11.6 Å². The quantitative estimate of drug-likeness (QED) is 0.849. The highest BCUT2D eigenvalue weighted by Crippen LogP contribution is 2.33. The van der Waals surface area contributed by atoms with E-state index in [1.807, 2.05) is 37.3 Å². The number of hydrogen-bond donors (Lipinski definition) is 1. The molecule has 3 rings (SSSR count). The molecule has 0 spiro atoms. The molecule has 130 valence electrons. The van der Waals surface area contributed by atoms with Crippen LogP contribution in [0.1, 0.15) is 24.5 Å². The molecule has 0 bridgehead atoms. The minimum Gasteiger partial charge on any atom is -0.494 e. The molecule has 0 aliphatic carbocycles. The largest absolute Gasteiger partial charge is 0.494 e. The number of rotatable bonds is 5. The Hall–Kier alpha value is -2.89. The van der Waals surface area contributed by atoms with Crippen LogP contribution in [0.3, 0.4) is 0 Å². The molecule has 0 unspecified atom stereocenters. The molecule has 1 saturated heterocycles. The van der Waals surface area contributed by atoms with Gasteiger partial charge >= 0.3 is 6.03 Å². The third-order valence-corrected chi connectivity index (χ3v) is 4.53. The number of nitrogens with one attached hydrogen (secondary N) is 1. The van der Waals surface area contributed by atoms with Gasteiger partial charge in [-0.3, -0.25) is 9.69 Å². The smallest absolute Gasteiger partial charge is 0.325 e. The molecule has 1 atom stereocenters. The maximum absolute atomic E-state index is 13.9. The Kier molecular flexibility index (Phi) is 4.44. The van der Waals surface area contributed by atoms with Gasteiger partial charge in [-0.1, -0.05) is 43.3 Å². The zero-order valence-electron chi connectivity index (χ0n) is 14.1. The van der Waals surface area contributed by atoms with E-state index in [-0.39, 0.29) is 18.2 Å². The molecule has 5 nitrogen and oxygen atoms in total. The fourth-order valence-electron chi connectivity index (χ4n) is 3.12. The molecular formula is C19H19FN2O3. The number of nitrogens with zero attached hydrogens (tertiary/aromatic N) is 1. The summed E-state index contributed by atoms with van der Waals surface area (Å²) in [5.41, 5.74) is 0.171. The first kappa shape index (κ1) is 17.0. The summed E-state index contributed by atoms with van der Waals surface area (Å²) in [6.45, 7) is 1.85. The molecule has 1 heterocycles. The molecule has 1 fully saturated rings. The van der Waals surface area contributed by atoms with Crippen molar-refractivity contribution in [3.05, 3.63) is 65.5 Å². The summed E-state index contributed by atoms with van der Waals surface area (Å²) in [5.74, 6) is -0.743. The van der Waals surface area contributed by atoms with Crippen LogP contribution in [0.25, 0.3) is 0 Å². The second-order valence-electron chi connectivity index (χ2n) is 5.92. The Morgan fingerprint density at radius 1 is 1.16 bits per heavy atom. The lowest BCUT2D eigenvalue weighted by atomic mass is 9.87. The summed E-state index contributed by atoms with van der Waals surface area (Å²) in [6, 6.07) is 13.1. The first-order valence-corrected chi connectivity index (χ1v) is 8.04. The van der Waals surface area contributed by atoms with Crippen LogP contribution in [0.15, 0.2) is 48.5 Å². The maximum Gasteiger partial charge on any atom is 0.325 e. The molecule has 0 aromatic heterocycles. The number of methoxy groups -OCH3 is 1. The van der Waals surface area contributed by atoms with E-state index in [1.54, 1.807) is 6.07 Å². The van der Waals surface area contributed by atoms with Gasteiger partial charge in [-0.05, 0) is 29.7 Å². The van der Waals surface area contributed by atoms with E-state index in [0.717, 1.165) is 10.5 Å². The Morgan fingerprint density at radius 2 is 1.88 bits per heavy atom. The monoisotopic (exact) mass is 342 g/mol. The zero-order chi connectivity index (χ0) is 18.0. The van der Waals surface area contributed by atoms with Crippen LogP contribution in [0.4, 0.5) is 9.18 Å². The standard InChI is InChI=1S/C19H19FN2O3/c1-3-19(14-7-5-4-6-8-14)17(23)22(18(24)21-19)12-13-9-10-16(25-2)15(20)11-13/h4-11H,3,12H2,1-2H3,(H,21,24)/t19-/m1/s1. The Bertz CT molecular complexity index is 810. The Labute approximate surface area is 145 Å². The summed E-state index contributed by atoms with van der Waals surface area (Å²) in [7, 11) is 1.38. The molecule has 1 aliphatic rings. The number of ether oxygens (including phenoxy) is 1. The van der Waals surface area contributed by atoms with Crippen molar-refractivity contribution in [2.24, 2.45) is 0 Å². The molecule has 3 amide bonds. The minimum atomic E-state index is -1.08. The van der Waals surface area contributed by atoms with E-state index in [0.29, 0.717) is 12.0 Å². The van der Waals surface area contributed by atoms with E-state index in [2.05, 4.69) is 5.32 Å². The van der Waals surface area contributed by atoms with E-state index >= 15 is 0 Å². The lowest BCUT2D eigenvalue weighted by molar-refractivity contribution is -0.132. The second kappa shape index (κ2) is 6.55. The van der Waals surface area contributed by atoms with E-state index in [4.69, 9.17) is 4.74 Å². The number of benzene rings is 2. The van der Waals surface area contributed by atoms with Crippen LogP contribution in [0, 0.1) is 5.82 Å². The van der Waals surface area contributed by atoms with E-state index in [1.165, 1.54) is 19.2 Å². The molecule has 6 heteroatoms. The third-order valence-electron chi connectivity index (χ3n) is 4.53. The van der Waals surface area contributed by atoms with Crippen molar-refractivity contribution in [2.75, 3.05) is 7.11 Å². The number of amides is 3. The van der Waals surface area contributed by atoms with Crippen molar-refractivity contribution in [1.29, 1.82) is 0 Å². The number of hydrogen-bond acceptors (Lipinski definition) is 3. The topological polar surface area (TPSA) is 58.6 Å². The summed E-state index contributed by atoms with van der Waals surface area (Å²) in [4.78, 5) is 26.5. The lowest BCUT2D eigenvalue weighted by Crippen LogP contribution is -2.43. The highest BCUT2D eigenvalue weighted by Gasteiger charge is 2.51. The Morgan fingerprint density at radius 3 is 2.48 bits per heavy atom. The first-order chi connectivity index (χ1) is 12.0. The highest BCUT2D eigenvalue weighted by molar-refractivity contribution is 6.07. The van der Waals surface area contributed by atoms with Gasteiger partial charge in [-0.2, -0.15) is 0 Å². The molecule has 2 aromatic rings. The molecule has 1 N–H and O–H groups in total. The summed E-state index contributed by atoms with van der Waals surface area (Å²) < 4.78 is 18.8. The predicted molar refractivity (Wildman–Crippen MR) is 90.4 cm³/mol. The van der Waals surface area contributed by atoms with Crippen molar-refractivity contribution in [2.45, 2.75) is 25.4 Å². The molecule has 25 heavy (non-hydrogen) atoms. The third kappa shape index (κ3) is 2.84. The van der Waals surface area contributed by atoms with Crippen molar-refractivity contribution < 1.29 is 18.7 Å². The average Bonchev–Trinajstić information content (AvgIpc) is 2.88. The average molecular weight is 342 g/mol. The van der Waals surface area contributed by atoms with Gasteiger partial charge in [-0.25, -0.2) is 9.18 Å². The number of urea groups is 1. The second-order valence-corrected chi connectivity index (χ2v) is 5.92. The van der Waals surface area contributed by atoms with E-state index < -0.39 is 17.4 Å². The fourth-order valence-corrected chi connectivity index (χ4v) is 3.12. The van der Waals surface area contributed by atoms with Gasteiger partial charge in [0, 0.05) is 0 Å². The van der Waals surface area contributed by atoms with Gasteiger partial charge in [0.05, 0.1) is 13.7 Å². The Balaban J connectivity index is 1.90. The van der Waals surface area contributed by atoms with Crippen molar-refractivity contribution in [3.63, 3.8) is 0 Å². The van der Waals surface area contributed by atoms with Crippen LogP contribution < -0.4 is 10.1 Å². The maximum atomic E-state index is 13.9. The fraction of sp³-hybridized carbons (Fsp3) is 0.263. The number of carbonyl (C=O) groups excluding carboxylic acids is 2. The van der Waals surface area contributed by atoms with Crippen LogP contribution in [-0.2, 0) is 16.9 Å². The summed E-state index contributed by atoms with van der Waals surface area (Å²) >= 11 is 0. The summed E-state index contributed by atoms with van der Waals surface area (Å²) in [5, 5.41) is 2.81.